The van der Waals surface area contributed by atoms with Crippen molar-refractivity contribution in [1.82, 2.24) is 4.98 Å². The molecule has 2 aromatic rings. The van der Waals surface area contributed by atoms with Gasteiger partial charge in [0.05, 0.1) is 37.3 Å². The molecule has 2 saturated heterocycles. The molecule has 164 valence electrons. The first-order chi connectivity index (χ1) is 14.2. The molecule has 2 aliphatic heterocycles. The predicted octanol–water partition coefficient (Wildman–Crippen LogP) is 2.94. The molecule has 0 aliphatic carbocycles. The molecule has 1 amide bonds. The number of carbonyl (C=O) groups excluding carboxylic acids is 1. The summed E-state index contributed by atoms with van der Waals surface area (Å²) < 4.78 is 17.3. The summed E-state index contributed by atoms with van der Waals surface area (Å²) in [6, 6.07) is 5.52. The first-order valence-corrected chi connectivity index (χ1v) is 10.4. The van der Waals surface area contributed by atoms with Gasteiger partial charge in [-0.15, -0.1) is 12.4 Å². The zero-order valence-corrected chi connectivity index (χ0v) is 17.9. The number of nitrogens with two attached hydrogens (primary N) is 1. The summed E-state index contributed by atoms with van der Waals surface area (Å²) in [6.45, 7) is 4.68. The maximum absolute atomic E-state index is 11.6. The van der Waals surface area contributed by atoms with E-state index in [4.69, 9.17) is 19.9 Å². The van der Waals surface area contributed by atoms with Crippen LogP contribution in [0.15, 0.2) is 30.6 Å². The van der Waals surface area contributed by atoms with E-state index in [1.807, 2.05) is 24.5 Å². The van der Waals surface area contributed by atoms with Crippen LogP contribution in [0.2, 0.25) is 0 Å². The smallest absolute Gasteiger partial charge is 0.248 e. The second-order valence-electron chi connectivity index (χ2n) is 7.70. The van der Waals surface area contributed by atoms with E-state index in [0.717, 1.165) is 68.4 Å². The summed E-state index contributed by atoms with van der Waals surface area (Å²) in [5, 5.41) is 2.02. The fraction of sp³-hybridized carbons (Fsp3) is 0.545. The number of primary amides is 1. The van der Waals surface area contributed by atoms with Crippen LogP contribution in [0.5, 0.6) is 0 Å². The molecule has 0 radical (unpaired) electrons. The number of pyridine rings is 1. The van der Waals surface area contributed by atoms with Gasteiger partial charge in [0.2, 0.25) is 5.91 Å². The monoisotopic (exact) mass is 435 g/mol. The van der Waals surface area contributed by atoms with Crippen molar-refractivity contribution < 1.29 is 19.0 Å². The van der Waals surface area contributed by atoms with Crippen LogP contribution in [0.3, 0.4) is 0 Å². The van der Waals surface area contributed by atoms with Crippen molar-refractivity contribution in [2.24, 2.45) is 5.73 Å². The number of hydrogen-bond donors (Lipinski definition) is 1. The van der Waals surface area contributed by atoms with E-state index < -0.39 is 5.91 Å². The summed E-state index contributed by atoms with van der Waals surface area (Å²) in [7, 11) is 0. The van der Waals surface area contributed by atoms with E-state index in [0.29, 0.717) is 24.9 Å². The van der Waals surface area contributed by atoms with Crippen molar-refractivity contribution in [3.63, 3.8) is 0 Å². The van der Waals surface area contributed by atoms with Crippen molar-refractivity contribution in [2.75, 3.05) is 44.4 Å². The number of hydrogen-bond acceptors (Lipinski definition) is 6. The molecule has 8 heteroatoms. The lowest BCUT2D eigenvalue weighted by Gasteiger charge is -2.34. The third-order valence-corrected chi connectivity index (χ3v) is 5.77. The maximum Gasteiger partial charge on any atom is 0.248 e. The largest absolute Gasteiger partial charge is 0.381 e. The molecule has 1 aromatic heterocycles. The fourth-order valence-corrected chi connectivity index (χ4v) is 4.09. The number of ether oxygens (including phenoxy) is 3. The number of anilines is 1. The number of carbonyl (C=O) groups is 1. The van der Waals surface area contributed by atoms with Crippen LogP contribution in [0.25, 0.3) is 10.8 Å². The molecule has 0 saturated carbocycles. The Hall–Kier alpha value is -1.93. The Bertz CT molecular complexity index is 836. The van der Waals surface area contributed by atoms with Crippen LogP contribution in [-0.2, 0) is 14.2 Å². The molecule has 1 aromatic carbocycles. The molecule has 4 rings (SSSR count). The molecule has 30 heavy (non-hydrogen) atoms. The summed E-state index contributed by atoms with van der Waals surface area (Å²) in [5.74, 6) is -0.412. The number of halogens is 1. The van der Waals surface area contributed by atoms with Crippen molar-refractivity contribution in [2.45, 2.75) is 37.9 Å². The van der Waals surface area contributed by atoms with Gasteiger partial charge in [-0.25, -0.2) is 0 Å². The minimum atomic E-state index is -0.412. The topological polar surface area (TPSA) is 86.9 Å². The van der Waals surface area contributed by atoms with E-state index in [2.05, 4.69) is 9.88 Å². The third-order valence-electron chi connectivity index (χ3n) is 5.77. The molecule has 2 N–H and O–H groups in total. The average molecular weight is 436 g/mol. The fourth-order valence-electron chi connectivity index (χ4n) is 4.09. The first kappa shape index (κ1) is 22.7. The Morgan fingerprint density at radius 2 is 1.73 bits per heavy atom. The van der Waals surface area contributed by atoms with Crippen molar-refractivity contribution in [3.8, 4) is 0 Å². The second kappa shape index (κ2) is 10.9. The van der Waals surface area contributed by atoms with E-state index in [1.165, 1.54) is 0 Å². The van der Waals surface area contributed by atoms with Crippen LogP contribution in [0.4, 0.5) is 5.69 Å². The van der Waals surface area contributed by atoms with Crippen molar-refractivity contribution in [1.29, 1.82) is 0 Å². The number of fused-ring (bicyclic) bond motifs is 1. The van der Waals surface area contributed by atoms with Crippen molar-refractivity contribution >= 4 is 34.8 Å². The maximum atomic E-state index is 11.6. The van der Waals surface area contributed by atoms with Gasteiger partial charge in [0.25, 0.3) is 0 Å². The minimum absolute atomic E-state index is 0. The van der Waals surface area contributed by atoms with Crippen molar-refractivity contribution in [3.05, 3.63) is 36.2 Å². The summed E-state index contributed by atoms with van der Waals surface area (Å²) in [5.41, 5.74) is 7.02. The quantitative estimate of drug-likeness (QED) is 0.673. The Morgan fingerprint density at radius 1 is 1.07 bits per heavy atom. The van der Waals surface area contributed by atoms with E-state index in [9.17, 15) is 4.79 Å². The summed E-state index contributed by atoms with van der Waals surface area (Å²) >= 11 is 0. The molecule has 0 atom stereocenters. The van der Waals surface area contributed by atoms with Gasteiger partial charge in [0.1, 0.15) is 0 Å². The Kier molecular flexibility index (Phi) is 8.27. The molecular formula is C22H30ClN3O4. The van der Waals surface area contributed by atoms with E-state index >= 15 is 0 Å². The van der Waals surface area contributed by atoms with E-state index in [-0.39, 0.29) is 18.5 Å². The Labute approximate surface area is 183 Å². The summed E-state index contributed by atoms with van der Waals surface area (Å²) in [4.78, 5) is 18.3. The number of benzene rings is 1. The van der Waals surface area contributed by atoms with Gasteiger partial charge < -0.3 is 24.8 Å². The molecule has 3 heterocycles. The highest BCUT2D eigenvalue weighted by atomic mass is 35.5. The first-order valence-electron chi connectivity index (χ1n) is 10.4. The van der Waals surface area contributed by atoms with Crippen LogP contribution in [0, 0.1) is 0 Å². The third kappa shape index (κ3) is 5.60. The number of piperidine rings is 1. The zero-order valence-electron chi connectivity index (χ0n) is 17.1. The molecule has 0 unspecified atom stereocenters. The highest BCUT2D eigenvalue weighted by Crippen LogP contribution is 2.29. The van der Waals surface area contributed by atoms with Crippen LogP contribution in [-0.4, -0.2) is 62.6 Å². The summed E-state index contributed by atoms with van der Waals surface area (Å²) in [6.07, 6.45) is 8.15. The van der Waals surface area contributed by atoms with E-state index in [1.54, 1.807) is 6.07 Å². The minimum Gasteiger partial charge on any atom is -0.381 e. The van der Waals surface area contributed by atoms with Gasteiger partial charge in [0, 0.05) is 48.8 Å². The van der Waals surface area contributed by atoms with Gasteiger partial charge in [-0.1, -0.05) is 6.07 Å². The molecule has 7 nitrogen and oxygen atoms in total. The number of aromatic nitrogens is 1. The molecule has 0 bridgehead atoms. The van der Waals surface area contributed by atoms with Gasteiger partial charge >= 0.3 is 0 Å². The van der Waals surface area contributed by atoms with Crippen LogP contribution < -0.4 is 10.6 Å². The van der Waals surface area contributed by atoms with Gasteiger partial charge in [-0.2, -0.15) is 0 Å². The number of amides is 1. The lowest BCUT2D eigenvalue weighted by atomic mass is 10.0. The standard InChI is InChI=1S/C22H29N3O4.ClH/c23-22(26)16-1-2-17-14-24-15-21(20(17)13-16)25-7-3-18(4-8-25)28-11-12-29-19-5-9-27-10-6-19;/h1-2,13-15,18-19H,3-12H2,(H2,23,26);1H. The number of nitrogens with zero attached hydrogens (tertiary/aromatic N) is 2. The number of rotatable bonds is 7. The highest BCUT2D eigenvalue weighted by molar-refractivity contribution is 6.01. The predicted molar refractivity (Wildman–Crippen MR) is 118 cm³/mol. The lowest BCUT2D eigenvalue weighted by molar-refractivity contribution is -0.0625. The average Bonchev–Trinajstić information content (AvgIpc) is 2.77. The van der Waals surface area contributed by atoms with Gasteiger partial charge in [-0.3, -0.25) is 9.78 Å². The normalized spacial score (nSPS) is 18.3. The Morgan fingerprint density at radius 3 is 2.40 bits per heavy atom. The molecular weight excluding hydrogens is 406 g/mol. The second-order valence-corrected chi connectivity index (χ2v) is 7.70. The van der Waals surface area contributed by atoms with Crippen LogP contribution in [0.1, 0.15) is 36.0 Å². The Balaban J connectivity index is 0.00000256. The molecule has 0 spiro atoms. The molecule has 2 fully saturated rings. The van der Waals surface area contributed by atoms with Gasteiger partial charge in [-0.05, 0) is 37.8 Å². The molecule has 2 aliphatic rings. The lowest BCUT2D eigenvalue weighted by Crippen LogP contribution is -2.37. The van der Waals surface area contributed by atoms with Crippen LogP contribution >= 0.6 is 12.4 Å². The zero-order chi connectivity index (χ0) is 20.1. The van der Waals surface area contributed by atoms with Gasteiger partial charge in [0.15, 0.2) is 0 Å². The SMILES string of the molecule is Cl.NC(=O)c1ccc2cncc(N3CCC(OCCOC4CCOCC4)CC3)c2c1. The highest BCUT2D eigenvalue weighted by Gasteiger charge is 2.22.